The van der Waals surface area contributed by atoms with Gasteiger partial charge in [-0.25, -0.2) is 0 Å². The molecule has 0 atom stereocenters. The largest absolute Gasteiger partial charge is 0.366 e. The Hall–Kier alpha value is -0.310. The van der Waals surface area contributed by atoms with Crippen LogP contribution in [0.1, 0.15) is 19.8 Å². The van der Waals surface area contributed by atoms with Crippen LogP contribution in [0.4, 0.5) is 0 Å². The molecule has 0 amide bonds. The molecule has 9 heavy (non-hydrogen) atoms. The topological polar surface area (TPSA) is 24.1 Å². The second kappa shape index (κ2) is 2.14. The van der Waals surface area contributed by atoms with Crippen molar-refractivity contribution >= 4 is 17.3 Å². The third kappa shape index (κ3) is 1.82. The van der Waals surface area contributed by atoms with Gasteiger partial charge in [-0.15, -0.1) is 0 Å². The first-order valence-electron chi connectivity index (χ1n) is 3.16. The first kappa shape index (κ1) is 6.81. The van der Waals surface area contributed by atoms with E-state index in [0.717, 1.165) is 5.11 Å². The van der Waals surface area contributed by atoms with Crippen LogP contribution in [0, 0.1) is 0 Å². The predicted octanol–water partition coefficient (Wildman–Crippen LogP) is 0.633. The molecule has 0 aromatic heterocycles. The summed E-state index contributed by atoms with van der Waals surface area (Å²) in [6.45, 7) is 2.18. The van der Waals surface area contributed by atoms with Gasteiger partial charge in [0.15, 0.2) is 5.11 Å². The van der Waals surface area contributed by atoms with Crippen LogP contribution >= 0.6 is 12.2 Å². The molecule has 1 fully saturated rings. The quantitative estimate of drug-likeness (QED) is 0.528. The van der Waals surface area contributed by atoms with E-state index in [1.54, 1.807) is 0 Å². The lowest BCUT2D eigenvalue weighted by molar-refractivity contribution is 0.661. The van der Waals surface area contributed by atoms with Gasteiger partial charge in [0.25, 0.3) is 0 Å². The zero-order chi connectivity index (χ0) is 6.91. The molecule has 2 N–H and O–H groups in total. The number of hydrogen-bond donors (Lipinski definition) is 2. The van der Waals surface area contributed by atoms with Gasteiger partial charge in [0, 0.05) is 12.6 Å². The molecule has 0 unspecified atom stereocenters. The van der Waals surface area contributed by atoms with Crippen LogP contribution in [0.15, 0.2) is 0 Å². The van der Waals surface area contributed by atoms with Crippen molar-refractivity contribution in [3.63, 3.8) is 0 Å². The van der Waals surface area contributed by atoms with E-state index in [1.165, 1.54) is 12.8 Å². The fraction of sp³-hybridized carbons (Fsp3) is 0.833. The Morgan fingerprint density at radius 1 is 1.56 bits per heavy atom. The highest BCUT2D eigenvalue weighted by Crippen LogP contribution is 2.33. The molecule has 1 aliphatic carbocycles. The summed E-state index contributed by atoms with van der Waals surface area (Å²) >= 11 is 4.92. The number of rotatable bonds is 1. The van der Waals surface area contributed by atoms with E-state index in [-0.39, 0.29) is 0 Å². The summed E-state index contributed by atoms with van der Waals surface area (Å²) in [5.41, 5.74) is 0.320. The van der Waals surface area contributed by atoms with Gasteiger partial charge < -0.3 is 10.6 Å². The van der Waals surface area contributed by atoms with Crippen LogP contribution in [-0.4, -0.2) is 17.7 Å². The minimum atomic E-state index is 0.320. The third-order valence-corrected chi connectivity index (χ3v) is 1.95. The van der Waals surface area contributed by atoms with E-state index in [0.29, 0.717) is 5.54 Å². The van der Waals surface area contributed by atoms with Crippen molar-refractivity contribution in [1.82, 2.24) is 10.6 Å². The van der Waals surface area contributed by atoms with Crippen molar-refractivity contribution in [2.75, 3.05) is 7.05 Å². The lowest BCUT2D eigenvalue weighted by Gasteiger charge is -2.12. The standard InChI is InChI=1S/C6H12N2S/c1-6(3-4-6)8-5(9)7-2/h3-4H2,1-2H3,(H2,7,8,9). The van der Waals surface area contributed by atoms with Crippen LogP contribution in [0.5, 0.6) is 0 Å². The van der Waals surface area contributed by atoms with Crippen molar-refractivity contribution in [3.05, 3.63) is 0 Å². The summed E-state index contributed by atoms with van der Waals surface area (Å²) in [6, 6.07) is 0. The Balaban J connectivity index is 2.25. The molecular weight excluding hydrogens is 132 g/mol. The van der Waals surface area contributed by atoms with Crippen LogP contribution in [0.3, 0.4) is 0 Å². The Kier molecular flexibility index (Phi) is 1.62. The number of nitrogens with one attached hydrogen (secondary N) is 2. The van der Waals surface area contributed by atoms with Crippen molar-refractivity contribution in [1.29, 1.82) is 0 Å². The number of hydrogen-bond acceptors (Lipinski definition) is 1. The van der Waals surface area contributed by atoms with E-state index in [4.69, 9.17) is 12.2 Å². The molecule has 0 bridgehead atoms. The molecule has 52 valence electrons. The minimum Gasteiger partial charge on any atom is -0.366 e. The Labute approximate surface area is 61.0 Å². The Bertz CT molecular complexity index is 129. The lowest BCUT2D eigenvalue weighted by atomic mass is 10.3. The zero-order valence-electron chi connectivity index (χ0n) is 5.82. The molecule has 0 saturated heterocycles. The highest BCUT2D eigenvalue weighted by Gasteiger charge is 2.37. The predicted molar refractivity (Wildman–Crippen MR) is 42.4 cm³/mol. The van der Waals surface area contributed by atoms with Gasteiger partial charge in [0.1, 0.15) is 0 Å². The molecule has 0 aliphatic heterocycles. The third-order valence-electron chi connectivity index (χ3n) is 1.64. The lowest BCUT2D eigenvalue weighted by Crippen LogP contribution is -2.40. The van der Waals surface area contributed by atoms with Gasteiger partial charge in [-0.05, 0) is 32.0 Å². The highest BCUT2D eigenvalue weighted by molar-refractivity contribution is 7.80. The van der Waals surface area contributed by atoms with Gasteiger partial charge in [0.05, 0.1) is 0 Å². The van der Waals surface area contributed by atoms with E-state index in [9.17, 15) is 0 Å². The molecular formula is C6H12N2S. The molecule has 0 spiro atoms. The SMILES string of the molecule is CNC(=S)NC1(C)CC1. The van der Waals surface area contributed by atoms with Crippen molar-refractivity contribution in [2.24, 2.45) is 0 Å². The Morgan fingerprint density at radius 3 is 2.44 bits per heavy atom. The molecule has 1 saturated carbocycles. The van der Waals surface area contributed by atoms with E-state index in [1.807, 2.05) is 7.05 Å². The van der Waals surface area contributed by atoms with Crippen molar-refractivity contribution < 1.29 is 0 Å². The average Bonchev–Trinajstić information content (AvgIpc) is 2.48. The maximum Gasteiger partial charge on any atom is 0.166 e. The van der Waals surface area contributed by atoms with Gasteiger partial charge >= 0.3 is 0 Å². The van der Waals surface area contributed by atoms with Gasteiger partial charge in [-0.1, -0.05) is 0 Å². The minimum absolute atomic E-state index is 0.320. The fourth-order valence-electron chi connectivity index (χ4n) is 0.649. The molecule has 1 rings (SSSR count). The van der Waals surface area contributed by atoms with Gasteiger partial charge in [-0.2, -0.15) is 0 Å². The molecule has 0 radical (unpaired) electrons. The molecule has 1 aliphatic rings. The van der Waals surface area contributed by atoms with Crippen LogP contribution in [0.25, 0.3) is 0 Å². The average molecular weight is 144 g/mol. The van der Waals surface area contributed by atoms with Crippen LogP contribution in [-0.2, 0) is 0 Å². The van der Waals surface area contributed by atoms with Gasteiger partial charge in [0.2, 0.25) is 0 Å². The summed E-state index contributed by atoms with van der Waals surface area (Å²) in [5, 5.41) is 6.84. The second-order valence-electron chi connectivity index (χ2n) is 2.76. The first-order valence-corrected chi connectivity index (χ1v) is 3.57. The summed E-state index contributed by atoms with van der Waals surface area (Å²) in [5.74, 6) is 0. The van der Waals surface area contributed by atoms with Crippen LogP contribution in [0.2, 0.25) is 0 Å². The summed E-state index contributed by atoms with van der Waals surface area (Å²) < 4.78 is 0. The molecule has 0 heterocycles. The van der Waals surface area contributed by atoms with E-state index < -0.39 is 0 Å². The van der Waals surface area contributed by atoms with Gasteiger partial charge in [-0.3, -0.25) is 0 Å². The summed E-state index contributed by atoms with van der Waals surface area (Å²) in [7, 11) is 1.83. The van der Waals surface area contributed by atoms with Crippen molar-refractivity contribution in [3.8, 4) is 0 Å². The van der Waals surface area contributed by atoms with E-state index >= 15 is 0 Å². The summed E-state index contributed by atoms with van der Waals surface area (Å²) in [4.78, 5) is 0. The molecule has 0 aromatic carbocycles. The van der Waals surface area contributed by atoms with Crippen LogP contribution < -0.4 is 10.6 Å². The molecule has 3 heteroatoms. The smallest absolute Gasteiger partial charge is 0.166 e. The second-order valence-corrected chi connectivity index (χ2v) is 3.17. The van der Waals surface area contributed by atoms with E-state index in [2.05, 4.69) is 17.6 Å². The Morgan fingerprint density at radius 2 is 2.11 bits per heavy atom. The maximum atomic E-state index is 4.92. The number of thiocarbonyl (C=S) groups is 1. The normalized spacial score (nSPS) is 20.7. The fourth-order valence-corrected chi connectivity index (χ4v) is 0.895. The summed E-state index contributed by atoms with van der Waals surface area (Å²) in [6.07, 6.45) is 2.49. The monoisotopic (exact) mass is 144 g/mol. The molecule has 2 nitrogen and oxygen atoms in total. The zero-order valence-corrected chi connectivity index (χ0v) is 6.64. The molecule has 0 aromatic rings. The first-order chi connectivity index (χ1) is 4.16. The highest BCUT2D eigenvalue weighted by atomic mass is 32.1. The van der Waals surface area contributed by atoms with Crippen molar-refractivity contribution in [2.45, 2.75) is 25.3 Å². The maximum absolute atomic E-state index is 4.92.